The molecule has 0 radical (unpaired) electrons. The monoisotopic (exact) mass is 303 g/mol. The van der Waals surface area contributed by atoms with Crippen molar-refractivity contribution in [1.82, 2.24) is 0 Å². The molecule has 4 nitrogen and oxygen atoms in total. The van der Waals surface area contributed by atoms with Crippen LogP contribution in [0.5, 0.6) is 11.5 Å². The van der Waals surface area contributed by atoms with Crippen molar-refractivity contribution < 1.29 is 14.3 Å². The van der Waals surface area contributed by atoms with Crippen LogP contribution in [-0.2, 0) is 4.79 Å². The highest BCUT2D eigenvalue weighted by Crippen LogP contribution is 2.31. The van der Waals surface area contributed by atoms with Gasteiger partial charge in [-0.15, -0.1) is 11.8 Å². The molecular formula is C16H17NO3S. The second kappa shape index (κ2) is 7.59. The van der Waals surface area contributed by atoms with Gasteiger partial charge in [0, 0.05) is 10.6 Å². The average molecular weight is 303 g/mol. The van der Waals surface area contributed by atoms with Gasteiger partial charge in [0.25, 0.3) is 0 Å². The van der Waals surface area contributed by atoms with E-state index in [2.05, 4.69) is 5.32 Å². The van der Waals surface area contributed by atoms with Crippen molar-refractivity contribution in [3.63, 3.8) is 0 Å². The Kier molecular flexibility index (Phi) is 5.51. The van der Waals surface area contributed by atoms with E-state index >= 15 is 0 Å². The first-order valence-corrected chi connectivity index (χ1v) is 7.41. The van der Waals surface area contributed by atoms with E-state index < -0.39 is 0 Å². The maximum atomic E-state index is 11.9. The fourth-order valence-electron chi connectivity index (χ4n) is 1.77. The third-order valence-corrected chi connectivity index (χ3v) is 3.78. The van der Waals surface area contributed by atoms with E-state index in [0.29, 0.717) is 17.3 Å². The lowest BCUT2D eigenvalue weighted by Crippen LogP contribution is -2.13. The maximum absolute atomic E-state index is 11.9. The van der Waals surface area contributed by atoms with E-state index in [1.165, 1.54) is 11.8 Å². The highest BCUT2D eigenvalue weighted by atomic mass is 32.2. The molecule has 0 unspecified atom stereocenters. The SMILES string of the molecule is COc1ccc(SCC(=O)Nc2ccccc2)cc1OC. The number of thioether (sulfide) groups is 1. The Bertz CT molecular complexity index is 602. The standard InChI is InChI=1S/C16H17NO3S/c1-19-14-9-8-13(10-15(14)20-2)21-11-16(18)17-12-6-4-3-5-7-12/h3-10H,11H2,1-2H3,(H,17,18). The lowest BCUT2D eigenvalue weighted by Gasteiger charge is -2.09. The molecule has 1 amide bonds. The summed E-state index contributed by atoms with van der Waals surface area (Å²) in [6.45, 7) is 0. The summed E-state index contributed by atoms with van der Waals surface area (Å²) in [5.41, 5.74) is 0.801. The number of carbonyl (C=O) groups excluding carboxylic acids is 1. The number of para-hydroxylation sites is 1. The van der Waals surface area contributed by atoms with Gasteiger partial charge in [-0.25, -0.2) is 0 Å². The molecule has 2 aromatic rings. The molecule has 0 fully saturated rings. The van der Waals surface area contributed by atoms with E-state index in [0.717, 1.165) is 10.6 Å². The molecule has 2 aromatic carbocycles. The van der Waals surface area contributed by atoms with Crippen molar-refractivity contribution in [3.8, 4) is 11.5 Å². The topological polar surface area (TPSA) is 47.6 Å². The van der Waals surface area contributed by atoms with Gasteiger partial charge in [0.15, 0.2) is 11.5 Å². The number of hydrogen-bond acceptors (Lipinski definition) is 4. The molecule has 0 saturated carbocycles. The van der Waals surface area contributed by atoms with Crippen molar-refractivity contribution in [2.75, 3.05) is 25.3 Å². The Labute approximate surface area is 128 Å². The Hall–Kier alpha value is -2.14. The van der Waals surface area contributed by atoms with Crippen LogP contribution < -0.4 is 14.8 Å². The quantitative estimate of drug-likeness (QED) is 0.831. The van der Waals surface area contributed by atoms with Crippen LogP contribution in [0.1, 0.15) is 0 Å². The first kappa shape index (κ1) is 15.3. The van der Waals surface area contributed by atoms with Crippen molar-refractivity contribution in [1.29, 1.82) is 0 Å². The summed E-state index contributed by atoms with van der Waals surface area (Å²) in [5, 5.41) is 2.85. The molecule has 0 aromatic heterocycles. The Balaban J connectivity index is 1.92. The van der Waals surface area contributed by atoms with Crippen molar-refractivity contribution in [2.45, 2.75) is 4.90 Å². The Morgan fingerprint density at radius 3 is 2.43 bits per heavy atom. The van der Waals surface area contributed by atoms with Gasteiger partial charge in [0.05, 0.1) is 20.0 Å². The van der Waals surface area contributed by atoms with Gasteiger partial charge in [-0.2, -0.15) is 0 Å². The summed E-state index contributed by atoms with van der Waals surface area (Å²) in [6, 6.07) is 15.0. The molecule has 0 saturated heterocycles. The Morgan fingerprint density at radius 2 is 1.76 bits per heavy atom. The molecule has 5 heteroatoms. The van der Waals surface area contributed by atoms with Gasteiger partial charge in [-0.3, -0.25) is 4.79 Å². The fourth-order valence-corrected chi connectivity index (χ4v) is 2.50. The zero-order valence-electron chi connectivity index (χ0n) is 12.0. The summed E-state index contributed by atoms with van der Waals surface area (Å²) in [6.07, 6.45) is 0. The van der Waals surface area contributed by atoms with Gasteiger partial charge in [0.2, 0.25) is 5.91 Å². The predicted octanol–water partition coefficient (Wildman–Crippen LogP) is 3.43. The summed E-state index contributed by atoms with van der Waals surface area (Å²) in [5.74, 6) is 1.63. The number of carbonyl (C=O) groups is 1. The number of anilines is 1. The van der Waals surface area contributed by atoms with Gasteiger partial charge in [-0.05, 0) is 30.3 Å². The van der Waals surface area contributed by atoms with Crippen LogP contribution in [0.4, 0.5) is 5.69 Å². The van der Waals surface area contributed by atoms with Crippen molar-refractivity contribution in [2.24, 2.45) is 0 Å². The highest BCUT2D eigenvalue weighted by molar-refractivity contribution is 8.00. The summed E-state index contributed by atoms with van der Waals surface area (Å²) in [7, 11) is 3.19. The summed E-state index contributed by atoms with van der Waals surface area (Å²) in [4.78, 5) is 12.8. The minimum atomic E-state index is -0.0408. The third-order valence-electron chi connectivity index (χ3n) is 2.78. The Morgan fingerprint density at radius 1 is 1.05 bits per heavy atom. The highest BCUT2D eigenvalue weighted by Gasteiger charge is 2.07. The molecule has 0 aliphatic rings. The van der Waals surface area contributed by atoms with Gasteiger partial charge < -0.3 is 14.8 Å². The zero-order chi connectivity index (χ0) is 15.1. The molecule has 1 N–H and O–H groups in total. The van der Waals surface area contributed by atoms with Gasteiger partial charge in [0.1, 0.15) is 0 Å². The summed E-state index contributed by atoms with van der Waals surface area (Å²) < 4.78 is 10.4. The number of methoxy groups -OCH3 is 2. The predicted molar refractivity (Wildman–Crippen MR) is 85.3 cm³/mol. The van der Waals surface area contributed by atoms with Crippen LogP contribution in [0.25, 0.3) is 0 Å². The fraction of sp³-hybridized carbons (Fsp3) is 0.188. The first-order chi connectivity index (χ1) is 10.2. The number of nitrogens with one attached hydrogen (secondary N) is 1. The van der Waals surface area contributed by atoms with E-state index in [9.17, 15) is 4.79 Å². The van der Waals surface area contributed by atoms with Crippen LogP contribution in [0.3, 0.4) is 0 Å². The van der Waals surface area contributed by atoms with E-state index in [4.69, 9.17) is 9.47 Å². The number of benzene rings is 2. The van der Waals surface area contributed by atoms with Crippen LogP contribution in [0.15, 0.2) is 53.4 Å². The minimum Gasteiger partial charge on any atom is -0.493 e. The third kappa shape index (κ3) is 4.43. The number of ether oxygens (including phenoxy) is 2. The minimum absolute atomic E-state index is 0.0408. The largest absolute Gasteiger partial charge is 0.493 e. The van der Waals surface area contributed by atoms with Crippen LogP contribution in [-0.4, -0.2) is 25.9 Å². The van der Waals surface area contributed by atoms with Crippen LogP contribution in [0.2, 0.25) is 0 Å². The van der Waals surface area contributed by atoms with Crippen LogP contribution in [0, 0.1) is 0 Å². The molecule has 110 valence electrons. The smallest absolute Gasteiger partial charge is 0.234 e. The van der Waals surface area contributed by atoms with Gasteiger partial charge >= 0.3 is 0 Å². The van der Waals surface area contributed by atoms with Gasteiger partial charge in [-0.1, -0.05) is 18.2 Å². The molecule has 0 spiro atoms. The molecule has 0 bridgehead atoms. The second-order valence-corrected chi connectivity index (χ2v) is 5.27. The number of amides is 1. The average Bonchev–Trinajstić information content (AvgIpc) is 2.53. The van der Waals surface area contributed by atoms with Crippen molar-refractivity contribution >= 4 is 23.4 Å². The molecule has 21 heavy (non-hydrogen) atoms. The molecule has 2 rings (SSSR count). The summed E-state index contributed by atoms with van der Waals surface area (Å²) >= 11 is 1.45. The van der Waals surface area contributed by atoms with E-state index in [-0.39, 0.29) is 5.91 Å². The molecule has 0 aliphatic heterocycles. The number of rotatable bonds is 6. The molecule has 0 atom stereocenters. The van der Waals surface area contributed by atoms with E-state index in [1.54, 1.807) is 14.2 Å². The zero-order valence-corrected chi connectivity index (χ0v) is 12.8. The second-order valence-electron chi connectivity index (χ2n) is 4.22. The number of hydrogen-bond donors (Lipinski definition) is 1. The lowest BCUT2D eigenvalue weighted by molar-refractivity contribution is -0.113. The first-order valence-electron chi connectivity index (χ1n) is 6.42. The molecule has 0 aliphatic carbocycles. The van der Waals surface area contributed by atoms with E-state index in [1.807, 2.05) is 48.5 Å². The molecular weight excluding hydrogens is 286 g/mol. The normalized spacial score (nSPS) is 10.0. The lowest BCUT2D eigenvalue weighted by atomic mass is 10.3. The maximum Gasteiger partial charge on any atom is 0.234 e. The van der Waals surface area contributed by atoms with Crippen LogP contribution >= 0.6 is 11.8 Å². The molecule has 0 heterocycles. The van der Waals surface area contributed by atoms with Crippen molar-refractivity contribution in [3.05, 3.63) is 48.5 Å².